The maximum absolute atomic E-state index is 13.0. The molecule has 22 heavy (non-hydrogen) atoms. The van der Waals surface area contributed by atoms with Gasteiger partial charge in [0.05, 0.1) is 11.8 Å². The predicted molar refractivity (Wildman–Crippen MR) is 74.4 cm³/mol. The first-order valence-corrected chi connectivity index (χ1v) is 7.45. The zero-order chi connectivity index (χ0) is 15.9. The van der Waals surface area contributed by atoms with E-state index >= 15 is 0 Å². The number of hydrogen-bond donors (Lipinski definition) is 1. The van der Waals surface area contributed by atoms with Crippen LogP contribution in [-0.2, 0) is 11.3 Å². The molecule has 2 atom stereocenters. The Morgan fingerprint density at radius 1 is 1.27 bits per heavy atom. The number of aliphatic carboxylic acids is 1. The summed E-state index contributed by atoms with van der Waals surface area (Å²) in [5.74, 6) is -3.92. The molecule has 1 aliphatic heterocycles. The Morgan fingerprint density at radius 2 is 2.00 bits per heavy atom. The first kappa shape index (κ1) is 15.3. The highest BCUT2D eigenvalue weighted by Gasteiger charge is 2.52. The fraction of sp³-hybridized carbons (Fsp3) is 0.562. The van der Waals surface area contributed by atoms with Gasteiger partial charge in [-0.15, -0.1) is 0 Å². The summed E-state index contributed by atoms with van der Waals surface area (Å²) in [6, 6.07) is 7.90. The number of carboxylic acid groups (broad SMARTS) is 1. The van der Waals surface area contributed by atoms with E-state index in [4.69, 9.17) is 5.11 Å². The average Bonchev–Trinajstić information content (AvgIpc) is 3.18. The van der Waals surface area contributed by atoms with Crippen LogP contribution >= 0.6 is 0 Å². The molecule has 0 radical (unpaired) electrons. The monoisotopic (exact) mass is 313 g/mol. The summed E-state index contributed by atoms with van der Waals surface area (Å²) < 4.78 is 38.9. The van der Waals surface area contributed by atoms with Gasteiger partial charge in [-0.1, -0.05) is 24.3 Å². The van der Waals surface area contributed by atoms with E-state index in [9.17, 15) is 18.0 Å². The Balaban J connectivity index is 1.70. The SMILES string of the molecule is O=C(O)[C@@H]1CN(Cc2cccc(C3CC3)c2)C[C@H]1C(F)(F)F. The fourth-order valence-electron chi connectivity index (χ4n) is 3.22. The number of likely N-dealkylation sites (tertiary alicyclic amines) is 1. The minimum absolute atomic E-state index is 0.0484. The molecule has 1 saturated carbocycles. The highest BCUT2D eigenvalue weighted by molar-refractivity contribution is 5.71. The Kier molecular flexibility index (Phi) is 3.89. The van der Waals surface area contributed by atoms with Crippen molar-refractivity contribution < 1.29 is 23.1 Å². The van der Waals surface area contributed by atoms with Gasteiger partial charge in [0, 0.05) is 19.6 Å². The van der Waals surface area contributed by atoms with Crippen LogP contribution in [0, 0.1) is 11.8 Å². The van der Waals surface area contributed by atoms with Crippen molar-refractivity contribution in [2.45, 2.75) is 31.5 Å². The van der Waals surface area contributed by atoms with Crippen LogP contribution in [0.25, 0.3) is 0 Å². The van der Waals surface area contributed by atoms with Crippen LogP contribution in [0.2, 0.25) is 0 Å². The third kappa shape index (κ3) is 3.27. The first-order valence-electron chi connectivity index (χ1n) is 7.45. The largest absolute Gasteiger partial charge is 0.481 e. The van der Waals surface area contributed by atoms with E-state index in [1.54, 1.807) is 4.90 Å². The minimum atomic E-state index is -4.46. The molecule has 3 rings (SSSR count). The average molecular weight is 313 g/mol. The number of nitrogens with zero attached hydrogens (tertiary/aromatic N) is 1. The van der Waals surface area contributed by atoms with Gasteiger partial charge in [-0.05, 0) is 29.9 Å². The number of rotatable bonds is 4. The zero-order valence-electron chi connectivity index (χ0n) is 12.0. The lowest BCUT2D eigenvalue weighted by Gasteiger charge is -2.18. The molecule has 0 amide bonds. The van der Waals surface area contributed by atoms with Crippen LogP contribution in [0.15, 0.2) is 24.3 Å². The van der Waals surface area contributed by atoms with Gasteiger partial charge in [-0.25, -0.2) is 0 Å². The first-order chi connectivity index (χ1) is 10.3. The van der Waals surface area contributed by atoms with Gasteiger partial charge in [-0.2, -0.15) is 13.2 Å². The van der Waals surface area contributed by atoms with Gasteiger partial charge < -0.3 is 5.11 Å². The second-order valence-corrected chi connectivity index (χ2v) is 6.31. The summed E-state index contributed by atoms with van der Waals surface area (Å²) in [6.45, 7) is 0.0816. The van der Waals surface area contributed by atoms with Gasteiger partial charge >= 0.3 is 12.1 Å². The molecular weight excluding hydrogens is 295 g/mol. The van der Waals surface area contributed by atoms with Gasteiger partial charge in [-0.3, -0.25) is 9.69 Å². The van der Waals surface area contributed by atoms with Crippen molar-refractivity contribution in [1.82, 2.24) is 4.90 Å². The number of carbonyl (C=O) groups is 1. The number of benzene rings is 1. The smallest absolute Gasteiger partial charge is 0.393 e. The van der Waals surface area contributed by atoms with E-state index < -0.39 is 24.0 Å². The minimum Gasteiger partial charge on any atom is -0.481 e. The van der Waals surface area contributed by atoms with E-state index in [-0.39, 0.29) is 13.1 Å². The molecule has 2 fully saturated rings. The van der Waals surface area contributed by atoms with E-state index in [0.29, 0.717) is 12.5 Å². The summed E-state index contributed by atoms with van der Waals surface area (Å²) in [7, 11) is 0. The van der Waals surface area contributed by atoms with Crippen LogP contribution in [0.5, 0.6) is 0 Å². The molecule has 1 aliphatic carbocycles. The summed E-state index contributed by atoms with van der Waals surface area (Å²) in [6.07, 6.45) is -2.12. The van der Waals surface area contributed by atoms with Crippen molar-refractivity contribution in [3.05, 3.63) is 35.4 Å². The standard InChI is InChI=1S/C16H18F3NO2/c17-16(18,19)14-9-20(8-13(14)15(21)22)7-10-2-1-3-12(6-10)11-4-5-11/h1-3,6,11,13-14H,4-5,7-9H2,(H,21,22)/t13-,14-/m1/s1. The van der Waals surface area contributed by atoms with Crippen LogP contribution in [-0.4, -0.2) is 35.2 Å². The van der Waals surface area contributed by atoms with Crippen molar-refractivity contribution in [3.8, 4) is 0 Å². The second kappa shape index (κ2) is 5.57. The molecule has 0 aromatic heterocycles. The lowest BCUT2D eigenvalue weighted by molar-refractivity contribution is -0.188. The van der Waals surface area contributed by atoms with Gasteiger partial charge in [0.2, 0.25) is 0 Å². The Morgan fingerprint density at radius 3 is 2.55 bits per heavy atom. The maximum atomic E-state index is 13.0. The van der Waals surface area contributed by atoms with Crippen molar-refractivity contribution in [3.63, 3.8) is 0 Å². The normalized spacial score (nSPS) is 26.3. The number of hydrogen-bond acceptors (Lipinski definition) is 2. The van der Waals surface area contributed by atoms with E-state index in [1.807, 2.05) is 24.3 Å². The summed E-state index contributed by atoms with van der Waals surface area (Å²) in [4.78, 5) is 12.7. The van der Waals surface area contributed by atoms with Crippen molar-refractivity contribution in [2.75, 3.05) is 13.1 Å². The van der Waals surface area contributed by atoms with Gasteiger partial charge in [0.15, 0.2) is 0 Å². The van der Waals surface area contributed by atoms with Crippen molar-refractivity contribution >= 4 is 5.97 Å². The highest BCUT2D eigenvalue weighted by atomic mass is 19.4. The van der Waals surface area contributed by atoms with Crippen LogP contribution < -0.4 is 0 Å². The lowest BCUT2D eigenvalue weighted by atomic mass is 9.96. The lowest BCUT2D eigenvalue weighted by Crippen LogP contribution is -2.33. The summed E-state index contributed by atoms with van der Waals surface area (Å²) in [5.41, 5.74) is 2.19. The molecule has 6 heteroatoms. The third-order valence-corrected chi connectivity index (χ3v) is 4.54. The Hall–Kier alpha value is -1.56. The highest BCUT2D eigenvalue weighted by Crippen LogP contribution is 2.41. The van der Waals surface area contributed by atoms with Crippen LogP contribution in [0.1, 0.15) is 29.9 Å². The number of carboxylic acids is 1. The molecule has 1 saturated heterocycles. The van der Waals surface area contributed by atoms with Crippen molar-refractivity contribution in [2.24, 2.45) is 11.8 Å². The molecule has 1 aromatic carbocycles. The molecule has 1 heterocycles. The van der Waals surface area contributed by atoms with Crippen LogP contribution in [0.4, 0.5) is 13.2 Å². The topological polar surface area (TPSA) is 40.5 Å². The van der Waals surface area contributed by atoms with E-state index in [2.05, 4.69) is 0 Å². The summed E-state index contributed by atoms with van der Waals surface area (Å²) >= 11 is 0. The Bertz CT molecular complexity index is 569. The fourth-order valence-corrected chi connectivity index (χ4v) is 3.22. The second-order valence-electron chi connectivity index (χ2n) is 6.31. The molecule has 1 N–H and O–H groups in total. The maximum Gasteiger partial charge on any atom is 0.393 e. The molecule has 0 spiro atoms. The molecule has 1 aromatic rings. The molecule has 3 nitrogen and oxygen atoms in total. The van der Waals surface area contributed by atoms with E-state index in [0.717, 1.165) is 5.56 Å². The Labute approximate surface area is 126 Å². The summed E-state index contributed by atoms with van der Waals surface area (Å²) in [5, 5.41) is 9.03. The zero-order valence-corrected chi connectivity index (χ0v) is 12.0. The van der Waals surface area contributed by atoms with E-state index in [1.165, 1.54) is 18.4 Å². The van der Waals surface area contributed by atoms with Gasteiger partial charge in [0.1, 0.15) is 0 Å². The molecule has 2 aliphatic rings. The molecule has 120 valence electrons. The van der Waals surface area contributed by atoms with Gasteiger partial charge in [0.25, 0.3) is 0 Å². The third-order valence-electron chi connectivity index (χ3n) is 4.54. The predicted octanol–water partition coefficient (Wildman–Crippen LogP) is 3.26. The molecule has 0 unspecified atom stereocenters. The molecule has 0 bridgehead atoms. The number of halogens is 3. The quantitative estimate of drug-likeness (QED) is 0.927. The molecular formula is C16H18F3NO2. The van der Waals surface area contributed by atoms with Crippen molar-refractivity contribution in [1.29, 1.82) is 0 Å². The van der Waals surface area contributed by atoms with Crippen LogP contribution in [0.3, 0.4) is 0 Å². The number of alkyl halides is 3.